The fourth-order valence-corrected chi connectivity index (χ4v) is 2.68. The highest BCUT2D eigenvalue weighted by atomic mass is 16.2. The number of carbonyl (C=O) groups excluding carboxylic acids is 2. The lowest BCUT2D eigenvalue weighted by Gasteiger charge is -2.38. The molecular weight excluding hydrogens is 258 g/mol. The zero-order valence-electron chi connectivity index (χ0n) is 11.7. The molecule has 0 aromatic carbocycles. The topological polar surface area (TPSA) is 71.3 Å². The van der Waals surface area contributed by atoms with E-state index < -0.39 is 0 Å². The summed E-state index contributed by atoms with van der Waals surface area (Å²) in [4.78, 5) is 26.7. The Morgan fingerprint density at radius 1 is 1.45 bits per heavy atom. The molecule has 0 radical (unpaired) electrons. The van der Waals surface area contributed by atoms with Crippen LogP contribution in [0.15, 0.2) is 6.20 Å². The van der Waals surface area contributed by atoms with Crippen LogP contribution in [0, 0.1) is 0 Å². The van der Waals surface area contributed by atoms with E-state index in [4.69, 9.17) is 0 Å². The highest BCUT2D eigenvalue weighted by Crippen LogP contribution is 2.21. The average Bonchev–Trinajstić information content (AvgIpc) is 2.99. The van der Waals surface area contributed by atoms with Crippen molar-refractivity contribution in [1.29, 1.82) is 0 Å². The summed E-state index contributed by atoms with van der Waals surface area (Å²) in [5.74, 6) is 0.382. The van der Waals surface area contributed by atoms with E-state index in [9.17, 15) is 9.59 Å². The molecule has 7 nitrogen and oxygen atoms in total. The van der Waals surface area contributed by atoms with Crippen molar-refractivity contribution < 1.29 is 9.59 Å². The van der Waals surface area contributed by atoms with E-state index in [0.717, 1.165) is 18.7 Å². The number of nitrogens with zero attached hydrogens (tertiary/aromatic N) is 5. The third-order valence-corrected chi connectivity index (χ3v) is 3.97. The summed E-state index contributed by atoms with van der Waals surface area (Å²) >= 11 is 0. The second kappa shape index (κ2) is 5.22. The van der Waals surface area contributed by atoms with Crippen LogP contribution in [-0.4, -0.2) is 56.2 Å². The molecule has 2 aliphatic heterocycles. The highest BCUT2D eigenvalue weighted by Gasteiger charge is 2.32. The quantitative estimate of drug-likeness (QED) is 0.788. The number of likely N-dealkylation sites (tertiary alicyclic amines) is 2. The summed E-state index contributed by atoms with van der Waals surface area (Å²) in [7, 11) is 0. The minimum Gasteiger partial charge on any atom is -0.338 e. The Labute approximate surface area is 117 Å². The molecule has 20 heavy (non-hydrogen) atoms. The predicted octanol–water partition coefficient (Wildman–Crippen LogP) is 0.194. The second-order valence-electron chi connectivity index (χ2n) is 5.41. The zero-order valence-corrected chi connectivity index (χ0v) is 11.7. The van der Waals surface area contributed by atoms with Crippen molar-refractivity contribution in [1.82, 2.24) is 24.8 Å². The maximum atomic E-state index is 11.6. The Morgan fingerprint density at radius 3 is 2.90 bits per heavy atom. The number of carbonyl (C=O) groups is 2. The fourth-order valence-electron chi connectivity index (χ4n) is 2.68. The van der Waals surface area contributed by atoms with Crippen molar-refractivity contribution >= 4 is 11.8 Å². The van der Waals surface area contributed by atoms with Crippen LogP contribution in [0.25, 0.3) is 0 Å². The molecule has 0 atom stereocenters. The van der Waals surface area contributed by atoms with Crippen LogP contribution >= 0.6 is 0 Å². The molecule has 0 spiro atoms. The largest absolute Gasteiger partial charge is 0.338 e. The van der Waals surface area contributed by atoms with Crippen molar-refractivity contribution in [2.24, 2.45) is 0 Å². The van der Waals surface area contributed by atoms with Crippen LogP contribution in [0.2, 0.25) is 0 Å². The molecule has 0 unspecified atom stereocenters. The van der Waals surface area contributed by atoms with Crippen LogP contribution in [0.5, 0.6) is 0 Å². The number of rotatable bonds is 4. The highest BCUT2D eigenvalue weighted by molar-refractivity contribution is 5.78. The number of amides is 2. The van der Waals surface area contributed by atoms with Crippen molar-refractivity contribution in [3.63, 3.8) is 0 Å². The fraction of sp³-hybridized carbons (Fsp3) is 0.692. The van der Waals surface area contributed by atoms with Crippen LogP contribution in [0.4, 0.5) is 0 Å². The van der Waals surface area contributed by atoms with E-state index in [1.807, 2.05) is 27.6 Å². The average molecular weight is 277 g/mol. The molecular formula is C13H19N5O2. The maximum Gasteiger partial charge on any atom is 0.222 e. The van der Waals surface area contributed by atoms with Gasteiger partial charge in [0.25, 0.3) is 0 Å². The molecule has 7 heteroatoms. The first kappa shape index (κ1) is 13.1. The van der Waals surface area contributed by atoms with Gasteiger partial charge in [0.1, 0.15) is 5.69 Å². The van der Waals surface area contributed by atoms with Crippen LogP contribution in [-0.2, 0) is 16.1 Å². The molecule has 3 rings (SSSR count). The van der Waals surface area contributed by atoms with Gasteiger partial charge >= 0.3 is 0 Å². The van der Waals surface area contributed by atoms with Gasteiger partial charge in [-0.2, -0.15) is 0 Å². The SMILES string of the molecule is CCC(=O)N1CC(n2cc(CN3CCCC3=O)nn2)C1. The normalized spacial score (nSPS) is 19.6. The summed E-state index contributed by atoms with van der Waals surface area (Å²) < 4.78 is 1.81. The van der Waals surface area contributed by atoms with Crippen molar-refractivity contribution in [3.8, 4) is 0 Å². The van der Waals surface area contributed by atoms with E-state index in [2.05, 4.69) is 10.3 Å². The van der Waals surface area contributed by atoms with Crippen LogP contribution in [0.1, 0.15) is 37.9 Å². The lowest BCUT2D eigenvalue weighted by Crippen LogP contribution is -2.50. The summed E-state index contributed by atoms with van der Waals surface area (Å²) in [6.45, 7) is 4.64. The molecule has 0 N–H and O–H groups in total. The Kier molecular flexibility index (Phi) is 3.42. The minimum absolute atomic E-state index is 0.184. The zero-order chi connectivity index (χ0) is 14.1. The summed E-state index contributed by atoms with van der Waals surface area (Å²) in [6.07, 6.45) is 4.02. The van der Waals surface area contributed by atoms with Crippen LogP contribution < -0.4 is 0 Å². The monoisotopic (exact) mass is 277 g/mol. The Hall–Kier alpha value is -1.92. The molecule has 2 fully saturated rings. The minimum atomic E-state index is 0.184. The maximum absolute atomic E-state index is 11.6. The molecule has 2 saturated heterocycles. The third-order valence-electron chi connectivity index (χ3n) is 3.97. The van der Waals surface area contributed by atoms with Gasteiger partial charge in [-0.15, -0.1) is 5.10 Å². The smallest absolute Gasteiger partial charge is 0.222 e. The van der Waals surface area contributed by atoms with Crippen molar-refractivity contribution in [2.75, 3.05) is 19.6 Å². The Bertz CT molecular complexity index is 521. The van der Waals surface area contributed by atoms with Crippen molar-refractivity contribution in [3.05, 3.63) is 11.9 Å². The standard InChI is InChI=1S/C13H19N5O2/c1-2-12(19)17-8-11(9-17)18-7-10(14-15-18)6-16-5-3-4-13(16)20/h7,11H,2-6,8-9H2,1H3. The molecule has 0 aliphatic carbocycles. The van der Waals surface area contributed by atoms with Gasteiger partial charge in [0, 0.05) is 32.5 Å². The van der Waals surface area contributed by atoms with E-state index in [0.29, 0.717) is 32.5 Å². The summed E-state index contributed by atoms with van der Waals surface area (Å²) in [5.41, 5.74) is 0.820. The third kappa shape index (κ3) is 2.39. The van der Waals surface area contributed by atoms with Gasteiger partial charge in [0.2, 0.25) is 11.8 Å². The Balaban J connectivity index is 1.55. The molecule has 1 aromatic heterocycles. The first-order valence-electron chi connectivity index (χ1n) is 7.13. The van der Waals surface area contributed by atoms with Gasteiger partial charge < -0.3 is 9.80 Å². The van der Waals surface area contributed by atoms with Crippen molar-refractivity contribution in [2.45, 2.75) is 38.8 Å². The lowest BCUT2D eigenvalue weighted by atomic mass is 10.1. The van der Waals surface area contributed by atoms with E-state index in [1.165, 1.54) is 0 Å². The molecule has 2 amide bonds. The first-order valence-corrected chi connectivity index (χ1v) is 7.13. The molecule has 0 saturated carbocycles. The van der Waals surface area contributed by atoms with Gasteiger partial charge in [-0.25, -0.2) is 4.68 Å². The number of hydrogen-bond donors (Lipinski definition) is 0. The predicted molar refractivity (Wildman–Crippen MR) is 70.6 cm³/mol. The van der Waals surface area contributed by atoms with Crippen LogP contribution in [0.3, 0.4) is 0 Å². The molecule has 3 heterocycles. The molecule has 2 aliphatic rings. The second-order valence-corrected chi connectivity index (χ2v) is 5.41. The van der Waals surface area contributed by atoms with Gasteiger partial charge in [0.15, 0.2) is 0 Å². The van der Waals surface area contributed by atoms with Gasteiger partial charge in [0.05, 0.1) is 18.8 Å². The van der Waals surface area contributed by atoms with Gasteiger partial charge in [-0.05, 0) is 6.42 Å². The number of hydrogen-bond acceptors (Lipinski definition) is 4. The number of aromatic nitrogens is 3. The molecule has 0 bridgehead atoms. The van der Waals surface area contributed by atoms with E-state index in [1.54, 1.807) is 0 Å². The van der Waals surface area contributed by atoms with Gasteiger partial charge in [-0.3, -0.25) is 9.59 Å². The van der Waals surface area contributed by atoms with Gasteiger partial charge in [-0.1, -0.05) is 12.1 Å². The Morgan fingerprint density at radius 2 is 2.25 bits per heavy atom. The first-order chi connectivity index (χ1) is 9.67. The summed E-state index contributed by atoms with van der Waals surface area (Å²) in [6, 6.07) is 0.223. The molecule has 1 aromatic rings. The molecule has 108 valence electrons. The lowest BCUT2D eigenvalue weighted by molar-refractivity contribution is -0.136. The van der Waals surface area contributed by atoms with E-state index in [-0.39, 0.29) is 17.9 Å². The van der Waals surface area contributed by atoms with E-state index >= 15 is 0 Å². The summed E-state index contributed by atoms with van der Waals surface area (Å²) in [5, 5.41) is 8.24.